The molecule has 0 aliphatic rings. The molecule has 0 saturated heterocycles. The van der Waals surface area contributed by atoms with Crippen LogP contribution in [0.2, 0.25) is 5.02 Å². The summed E-state index contributed by atoms with van der Waals surface area (Å²) in [5, 5.41) is 12.5. The average Bonchev–Trinajstić information content (AvgIpc) is 2.98. The van der Waals surface area contributed by atoms with Crippen LogP contribution >= 0.6 is 11.6 Å². The van der Waals surface area contributed by atoms with E-state index in [1.807, 2.05) is 39.3 Å². The molecule has 132 valence electrons. The van der Waals surface area contributed by atoms with Gasteiger partial charge in [0.05, 0.1) is 22.1 Å². The van der Waals surface area contributed by atoms with Crippen LogP contribution in [0.5, 0.6) is 0 Å². The molecule has 0 radical (unpaired) electrons. The number of halogens is 1. The molecule has 1 N–H and O–H groups in total. The van der Waals surface area contributed by atoms with Crippen LogP contribution in [0, 0.1) is 27.7 Å². The van der Waals surface area contributed by atoms with E-state index in [0.717, 1.165) is 35.7 Å². The number of carbonyl (C=O) groups is 1. The van der Waals surface area contributed by atoms with Gasteiger partial charge in [0.15, 0.2) is 0 Å². The molecule has 0 fully saturated rings. The molecule has 0 aliphatic heterocycles. The van der Waals surface area contributed by atoms with E-state index >= 15 is 0 Å². The van der Waals surface area contributed by atoms with Crippen molar-refractivity contribution in [3.05, 3.63) is 33.9 Å². The molecule has 2 rings (SSSR count). The third kappa shape index (κ3) is 3.98. The molecule has 2 aromatic heterocycles. The summed E-state index contributed by atoms with van der Waals surface area (Å²) >= 11 is 6.19. The van der Waals surface area contributed by atoms with E-state index in [2.05, 4.69) is 21.6 Å². The Hall–Kier alpha value is -1.82. The average molecular weight is 352 g/mol. The largest absolute Gasteiger partial charge is 0.354 e. The maximum atomic E-state index is 12.5. The summed E-state index contributed by atoms with van der Waals surface area (Å²) in [6, 6.07) is 1.73. The maximum Gasteiger partial charge on any atom is 0.244 e. The van der Waals surface area contributed by atoms with Gasteiger partial charge in [-0.2, -0.15) is 10.2 Å². The number of hydrogen-bond donors (Lipinski definition) is 1. The molecule has 0 saturated carbocycles. The standard InChI is InChI=1S/C17H26ClN5O/c1-6-15(23-14(5)16(18)13(4)21-23)17(24)19-8-7-9-22-12(3)10-11(2)20-22/h10,15H,6-9H2,1-5H3,(H,19,24). The van der Waals surface area contributed by atoms with Gasteiger partial charge in [-0.3, -0.25) is 14.2 Å². The number of hydrogen-bond acceptors (Lipinski definition) is 3. The summed E-state index contributed by atoms with van der Waals surface area (Å²) in [6.45, 7) is 11.1. The van der Waals surface area contributed by atoms with Crippen molar-refractivity contribution in [2.24, 2.45) is 0 Å². The predicted octanol–water partition coefficient (Wildman–Crippen LogP) is 3.12. The second kappa shape index (κ2) is 7.83. The lowest BCUT2D eigenvalue weighted by Gasteiger charge is -2.17. The van der Waals surface area contributed by atoms with Gasteiger partial charge < -0.3 is 5.32 Å². The number of nitrogens with one attached hydrogen (secondary N) is 1. The molecule has 6 nitrogen and oxygen atoms in total. The van der Waals surface area contributed by atoms with Crippen molar-refractivity contribution in [2.75, 3.05) is 6.54 Å². The molecule has 2 aromatic rings. The van der Waals surface area contributed by atoms with Gasteiger partial charge >= 0.3 is 0 Å². The Morgan fingerprint density at radius 2 is 2.00 bits per heavy atom. The van der Waals surface area contributed by atoms with Crippen molar-refractivity contribution < 1.29 is 4.79 Å². The fourth-order valence-corrected chi connectivity index (χ4v) is 3.00. The van der Waals surface area contributed by atoms with Crippen molar-refractivity contribution in [1.82, 2.24) is 24.9 Å². The Bertz CT molecular complexity index is 719. The molecule has 1 amide bonds. The van der Waals surface area contributed by atoms with Gasteiger partial charge in [-0.15, -0.1) is 0 Å². The Morgan fingerprint density at radius 3 is 2.50 bits per heavy atom. The molecule has 0 aliphatic carbocycles. The highest BCUT2D eigenvalue weighted by molar-refractivity contribution is 6.31. The Balaban J connectivity index is 1.90. The van der Waals surface area contributed by atoms with E-state index in [-0.39, 0.29) is 11.9 Å². The summed E-state index contributed by atoms with van der Waals surface area (Å²) in [5.41, 5.74) is 3.75. The Labute approximate surface area is 148 Å². The first-order valence-electron chi connectivity index (χ1n) is 8.35. The number of aryl methyl sites for hydroxylation is 4. The smallest absolute Gasteiger partial charge is 0.244 e. The van der Waals surface area contributed by atoms with Crippen LogP contribution in [0.15, 0.2) is 6.07 Å². The lowest BCUT2D eigenvalue weighted by atomic mass is 10.2. The lowest BCUT2D eigenvalue weighted by Crippen LogP contribution is -2.34. The van der Waals surface area contributed by atoms with Crippen LogP contribution in [-0.2, 0) is 11.3 Å². The molecule has 0 bridgehead atoms. The number of amides is 1. The van der Waals surface area contributed by atoms with E-state index in [0.29, 0.717) is 18.0 Å². The first-order valence-corrected chi connectivity index (χ1v) is 8.72. The molecule has 7 heteroatoms. The second-order valence-corrected chi connectivity index (χ2v) is 6.53. The first kappa shape index (κ1) is 18.5. The lowest BCUT2D eigenvalue weighted by molar-refractivity contribution is -0.124. The minimum Gasteiger partial charge on any atom is -0.354 e. The van der Waals surface area contributed by atoms with Gasteiger partial charge in [-0.1, -0.05) is 18.5 Å². The molecule has 2 heterocycles. The van der Waals surface area contributed by atoms with Crippen LogP contribution in [0.1, 0.15) is 48.6 Å². The maximum absolute atomic E-state index is 12.5. The number of aromatic nitrogens is 4. The number of nitrogens with zero attached hydrogens (tertiary/aromatic N) is 4. The van der Waals surface area contributed by atoms with E-state index < -0.39 is 0 Å². The highest BCUT2D eigenvalue weighted by Gasteiger charge is 2.22. The zero-order chi connectivity index (χ0) is 17.9. The van der Waals surface area contributed by atoms with Crippen molar-refractivity contribution in [3.8, 4) is 0 Å². The summed E-state index contributed by atoms with van der Waals surface area (Å²) in [5.74, 6) is -0.0202. The topological polar surface area (TPSA) is 64.7 Å². The van der Waals surface area contributed by atoms with Crippen LogP contribution in [0.3, 0.4) is 0 Å². The zero-order valence-corrected chi connectivity index (χ0v) is 15.8. The van der Waals surface area contributed by atoms with Crippen LogP contribution in [0.4, 0.5) is 0 Å². The summed E-state index contributed by atoms with van der Waals surface area (Å²) in [6.07, 6.45) is 1.50. The highest BCUT2D eigenvalue weighted by atomic mass is 35.5. The molecule has 1 unspecified atom stereocenters. The van der Waals surface area contributed by atoms with Crippen LogP contribution in [-0.4, -0.2) is 32.0 Å². The van der Waals surface area contributed by atoms with Gasteiger partial charge in [0.25, 0.3) is 0 Å². The van der Waals surface area contributed by atoms with Gasteiger partial charge in [-0.25, -0.2) is 0 Å². The zero-order valence-electron chi connectivity index (χ0n) is 15.1. The van der Waals surface area contributed by atoms with Crippen molar-refractivity contribution >= 4 is 17.5 Å². The van der Waals surface area contributed by atoms with E-state index in [9.17, 15) is 4.79 Å². The minimum absolute atomic E-state index is 0.0202. The van der Waals surface area contributed by atoms with Gasteiger partial charge in [0, 0.05) is 18.8 Å². The Kier molecular flexibility index (Phi) is 6.04. The first-order chi connectivity index (χ1) is 11.3. The van der Waals surface area contributed by atoms with E-state index in [1.165, 1.54) is 0 Å². The highest BCUT2D eigenvalue weighted by Crippen LogP contribution is 2.23. The van der Waals surface area contributed by atoms with E-state index in [4.69, 9.17) is 11.6 Å². The molecule has 0 spiro atoms. The molecular weight excluding hydrogens is 326 g/mol. The van der Waals surface area contributed by atoms with Gasteiger partial charge in [0.2, 0.25) is 5.91 Å². The minimum atomic E-state index is -0.329. The summed E-state index contributed by atoms with van der Waals surface area (Å²) in [4.78, 5) is 12.5. The van der Waals surface area contributed by atoms with Crippen LogP contribution < -0.4 is 5.32 Å². The van der Waals surface area contributed by atoms with Crippen molar-refractivity contribution in [3.63, 3.8) is 0 Å². The third-order valence-corrected chi connectivity index (χ3v) is 4.72. The molecule has 1 atom stereocenters. The van der Waals surface area contributed by atoms with Crippen molar-refractivity contribution in [2.45, 2.75) is 60.0 Å². The number of carbonyl (C=O) groups excluding carboxylic acids is 1. The van der Waals surface area contributed by atoms with E-state index in [1.54, 1.807) is 4.68 Å². The quantitative estimate of drug-likeness (QED) is 0.779. The van der Waals surface area contributed by atoms with Crippen molar-refractivity contribution in [1.29, 1.82) is 0 Å². The third-order valence-electron chi connectivity index (χ3n) is 4.17. The SMILES string of the molecule is CCC(C(=O)NCCCn1nc(C)cc1C)n1nc(C)c(Cl)c1C. The normalized spacial score (nSPS) is 12.4. The fourth-order valence-electron chi connectivity index (χ4n) is 2.88. The molecule has 0 aromatic carbocycles. The summed E-state index contributed by atoms with van der Waals surface area (Å²) < 4.78 is 3.70. The Morgan fingerprint density at radius 1 is 1.29 bits per heavy atom. The monoisotopic (exact) mass is 351 g/mol. The van der Waals surface area contributed by atoms with Crippen LogP contribution in [0.25, 0.3) is 0 Å². The molecule has 24 heavy (non-hydrogen) atoms. The summed E-state index contributed by atoms with van der Waals surface area (Å²) in [7, 11) is 0. The van der Waals surface area contributed by atoms with Gasteiger partial charge in [0.1, 0.15) is 6.04 Å². The fraction of sp³-hybridized carbons (Fsp3) is 0.588. The number of rotatable bonds is 7. The van der Waals surface area contributed by atoms with Gasteiger partial charge in [-0.05, 0) is 46.6 Å². The second-order valence-electron chi connectivity index (χ2n) is 6.15. The predicted molar refractivity (Wildman–Crippen MR) is 95.4 cm³/mol. The molecular formula is C17H26ClN5O.